The largest absolute Gasteiger partial charge is 0.416 e. The molecule has 1 aromatic carbocycles. The Morgan fingerprint density at radius 1 is 1.03 bits per heavy atom. The van der Waals surface area contributed by atoms with Crippen molar-refractivity contribution in [3.63, 3.8) is 0 Å². The molecule has 2 aromatic rings. The highest BCUT2D eigenvalue weighted by Gasteiger charge is 2.57. The average molecular weight is 495 g/mol. The number of carbonyl (C=O) groups excluding carboxylic acids is 1. The van der Waals surface area contributed by atoms with Crippen LogP contribution >= 0.6 is 0 Å². The van der Waals surface area contributed by atoms with Gasteiger partial charge in [0, 0.05) is 12.1 Å². The Morgan fingerprint density at radius 2 is 1.71 bits per heavy atom. The van der Waals surface area contributed by atoms with Gasteiger partial charge in [0.05, 0.1) is 21.9 Å². The normalized spacial score (nSPS) is 26.5. The van der Waals surface area contributed by atoms with Gasteiger partial charge in [0.15, 0.2) is 9.84 Å². The first kappa shape index (κ1) is 24.7. The topological polar surface area (TPSA) is 67.3 Å². The molecule has 1 aromatic heterocycles. The van der Waals surface area contributed by atoms with E-state index in [0.717, 1.165) is 37.5 Å². The second-order valence-electron chi connectivity index (χ2n) is 11.2. The number of carbonyl (C=O) groups is 1. The summed E-state index contributed by atoms with van der Waals surface area (Å²) in [6.45, 7) is 9.34. The minimum Gasteiger partial charge on any atom is -0.331 e. The van der Waals surface area contributed by atoms with E-state index in [4.69, 9.17) is 0 Å². The fourth-order valence-corrected chi connectivity index (χ4v) is 7.76. The highest BCUT2D eigenvalue weighted by molar-refractivity contribution is 7.90. The summed E-state index contributed by atoms with van der Waals surface area (Å²) in [5, 5.41) is 0. The quantitative estimate of drug-likeness (QED) is 0.563. The maximum atomic E-state index is 13.5. The molecule has 4 rings (SSSR count). The molecule has 2 fully saturated rings. The van der Waals surface area contributed by atoms with Crippen molar-refractivity contribution in [3.8, 4) is 0 Å². The smallest absolute Gasteiger partial charge is 0.331 e. The minimum atomic E-state index is -4.65. The number of hydrogen-bond acceptors (Lipinski definition) is 4. The lowest BCUT2D eigenvalue weighted by molar-refractivity contribution is -0.137. The van der Waals surface area contributed by atoms with Gasteiger partial charge in [-0.2, -0.15) is 13.2 Å². The first-order chi connectivity index (χ1) is 15.5. The number of nitrogens with zero attached hydrogens (tertiary/aromatic N) is 2. The third-order valence-electron chi connectivity index (χ3n) is 6.89. The number of likely N-dealkylation sites (tertiary alicyclic amines) is 1. The number of sulfone groups is 1. The van der Waals surface area contributed by atoms with Gasteiger partial charge in [-0.3, -0.25) is 4.79 Å². The van der Waals surface area contributed by atoms with Crippen LogP contribution in [0.25, 0.3) is 0 Å². The third-order valence-corrected chi connectivity index (χ3v) is 8.54. The molecule has 34 heavy (non-hydrogen) atoms. The molecule has 184 valence electrons. The molecule has 1 saturated carbocycles. The van der Waals surface area contributed by atoms with Crippen LogP contribution in [0.1, 0.15) is 68.7 Å². The second-order valence-corrected chi connectivity index (χ2v) is 13.2. The van der Waals surface area contributed by atoms with Crippen LogP contribution < -0.4 is 0 Å². The van der Waals surface area contributed by atoms with E-state index in [0.29, 0.717) is 12.6 Å². The summed E-state index contributed by atoms with van der Waals surface area (Å²) in [5.41, 5.74) is -0.971. The number of alkyl halides is 3. The van der Waals surface area contributed by atoms with Crippen molar-refractivity contribution in [3.05, 3.63) is 59.4 Å². The molecule has 0 radical (unpaired) electrons. The number of amides is 1. The molecule has 0 spiro atoms. The number of pyridine rings is 1. The Morgan fingerprint density at radius 3 is 2.38 bits per heavy atom. The molecule has 1 amide bonds. The van der Waals surface area contributed by atoms with E-state index in [9.17, 15) is 26.4 Å². The van der Waals surface area contributed by atoms with Gasteiger partial charge in [-0.1, -0.05) is 32.9 Å². The maximum absolute atomic E-state index is 13.5. The Bertz CT molecular complexity index is 1240. The standard InChI is InChI=1S/C25H29F3N2O3S/c1-22(2)13-23(3)15-24(4,14-22)30(16-23)21(31)20-10-6-8-18(29-20)12-34(32,33)19-9-5-7-17(11-19)25(26,27)28/h5-11H,12-16H2,1-4H3/t23-,24+/m0/s1. The van der Waals surface area contributed by atoms with Gasteiger partial charge >= 0.3 is 6.18 Å². The molecule has 9 heteroatoms. The second kappa shape index (κ2) is 7.80. The van der Waals surface area contributed by atoms with Gasteiger partial charge in [-0.25, -0.2) is 13.4 Å². The molecule has 1 aliphatic carbocycles. The first-order valence-corrected chi connectivity index (χ1v) is 12.9. The highest BCUT2D eigenvalue weighted by atomic mass is 32.2. The van der Waals surface area contributed by atoms with E-state index in [1.165, 1.54) is 6.07 Å². The van der Waals surface area contributed by atoms with Crippen LogP contribution in [0.15, 0.2) is 47.4 Å². The zero-order chi connectivity index (χ0) is 25.2. The number of halogens is 3. The Hall–Kier alpha value is -2.42. The predicted octanol–water partition coefficient (Wildman–Crippen LogP) is 5.51. The third kappa shape index (κ3) is 4.72. The molecule has 1 aliphatic heterocycles. The summed E-state index contributed by atoms with van der Waals surface area (Å²) < 4.78 is 64.7. The van der Waals surface area contributed by atoms with Crippen LogP contribution in [0.3, 0.4) is 0 Å². The van der Waals surface area contributed by atoms with E-state index in [1.807, 2.05) is 4.90 Å². The molecule has 5 nitrogen and oxygen atoms in total. The van der Waals surface area contributed by atoms with Crippen LogP contribution in [0.2, 0.25) is 0 Å². The van der Waals surface area contributed by atoms with Crippen LogP contribution in [-0.4, -0.2) is 36.3 Å². The van der Waals surface area contributed by atoms with Crippen molar-refractivity contribution < 1.29 is 26.4 Å². The summed E-state index contributed by atoms with van der Waals surface area (Å²) in [4.78, 5) is 19.2. The zero-order valence-corrected chi connectivity index (χ0v) is 20.6. The van der Waals surface area contributed by atoms with Gasteiger partial charge in [0.1, 0.15) is 5.69 Å². The fourth-order valence-electron chi connectivity index (χ4n) is 6.45. The van der Waals surface area contributed by atoms with Crippen molar-refractivity contribution >= 4 is 15.7 Å². The number of hydrogen-bond donors (Lipinski definition) is 0. The summed E-state index contributed by atoms with van der Waals surface area (Å²) >= 11 is 0. The van der Waals surface area contributed by atoms with E-state index < -0.39 is 32.2 Å². The van der Waals surface area contributed by atoms with E-state index >= 15 is 0 Å². The lowest BCUT2D eigenvalue weighted by Crippen LogP contribution is -2.48. The van der Waals surface area contributed by atoms with Gasteiger partial charge in [-0.05, 0) is 67.3 Å². The lowest BCUT2D eigenvalue weighted by atomic mass is 9.61. The highest BCUT2D eigenvalue weighted by Crippen LogP contribution is 2.57. The minimum absolute atomic E-state index is 0.0105. The summed E-state index contributed by atoms with van der Waals surface area (Å²) in [5.74, 6) is -0.848. The van der Waals surface area contributed by atoms with Gasteiger partial charge in [0.2, 0.25) is 0 Å². The number of aromatic nitrogens is 1. The SMILES string of the molecule is CC1(C)C[C@]2(C)CN(C(=O)c3cccc(CS(=O)(=O)c4cccc(C(F)(F)F)c4)n3)[C@](C)(C1)C2. The van der Waals surface area contributed by atoms with E-state index in [2.05, 4.69) is 32.7 Å². The number of benzene rings is 1. The van der Waals surface area contributed by atoms with Gasteiger partial charge < -0.3 is 4.90 Å². The summed E-state index contributed by atoms with van der Waals surface area (Å²) in [6, 6.07) is 8.24. The molecular formula is C25H29F3N2O3S. The Balaban J connectivity index is 1.59. The van der Waals surface area contributed by atoms with E-state index in [1.54, 1.807) is 12.1 Å². The molecule has 2 heterocycles. The Labute approximate surface area is 198 Å². The van der Waals surface area contributed by atoms with E-state index in [-0.39, 0.29) is 33.7 Å². The van der Waals surface area contributed by atoms with Crippen molar-refractivity contribution in [1.29, 1.82) is 0 Å². The fraction of sp³-hybridized carbons (Fsp3) is 0.520. The monoisotopic (exact) mass is 494 g/mol. The molecule has 0 N–H and O–H groups in total. The van der Waals surface area contributed by atoms with Crippen molar-refractivity contribution in [1.82, 2.24) is 9.88 Å². The summed E-state index contributed by atoms with van der Waals surface area (Å²) in [7, 11) is -4.10. The van der Waals surface area contributed by atoms with Crippen molar-refractivity contribution in [2.75, 3.05) is 6.54 Å². The van der Waals surface area contributed by atoms with Crippen LogP contribution in [0.4, 0.5) is 13.2 Å². The lowest BCUT2D eigenvalue weighted by Gasteiger charge is -2.45. The molecule has 0 unspecified atom stereocenters. The molecule has 2 atom stereocenters. The first-order valence-electron chi connectivity index (χ1n) is 11.2. The zero-order valence-electron chi connectivity index (χ0n) is 19.7. The average Bonchev–Trinajstić information content (AvgIpc) is 2.90. The van der Waals surface area contributed by atoms with Gasteiger partial charge in [-0.15, -0.1) is 0 Å². The molecule has 2 aliphatic rings. The Kier molecular flexibility index (Phi) is 5.66. The van der Waals surface area contributed by atoms with Gasteiger partial charge in [0.25, 0.3) is 5.91 Å². The van der Waals surface area contributed by atoms with Crippen LogP contribution in [0.5, 0.6) is 0 Å². The summed E-state index contributed by atoms with van der Waals surface area (Å²) in [6.07, 6.45) is -1.86. The maximum Gasteiger partial charge on any atom is 0.416 e. The van der Waals surface area contributed by atoms with Crippen molar-refractivity contribution in [2.24, 2.45) is 10.8 Å². The van der Waals surface area contributed by atoms with Crippen molar-refractivity contribution in [2.45, 2.75) is 69.3 Å². The number of rotatable bonds is 4. The van der Waals surface area contributed by atoms with Crippen LogP contribution in [0, 0.1) is 10.8 Å². The molecule has 1 saturated heterocycles. The molecule has 2 bridgehead atoms. The number of fused-ring (bicyclic) bond motifs is 2. The predicted molar refractivity (Wildman–Crippen MR) is 122 cm³/mol. The molecular weight excluding hydrogens is 465 g/mol. The van der Waals surface area contributed by atoms with Crippen LogP contribution in [-0.2, 0) is 21.8 Å².